The molecule has 0 saturated carbocycles. The van der Waals surface area contributed by atoms with Crippen LogP contribution in [0.15, 0.2) is 24.3 Å². The number of carbonyl (C=O) groups excluding carboxylic acids is 1. The molecule has 0 bridgehead atoms. The standard InChI is InChI=1S/C18H20N2O3/c1-11-4-5-13-9-14(12(2)19-15(13)8-11)16(21)20-7-6-18(3,10-20)17(22)23/h4-5,8-9H,6-7,10H2,1-3H3,(H,22,23). The highest BCUT2D eigenvalue weighted by atomic mass is 16.4. The number of hydrogen-bond acceptors (Lipinski definition) is 3. The summed E-state index contributed by atoms with van der Waals surface area (Å²) in [5.41, 5.74) is 2.37. The Labute approximate surface area is 134 Å². The largest absolute Gasteiger partial charge is 0.481 e. The first-order chi connectivity index (χ1) is 10.8. The van der Waals surface area contributed by atoms with E-state index in [1.54, 1.807) is 11.8 Å². The highest BCUT2D eigenvalue weighted by molar-refractivity contribution is 5.99. The maximum atomic E-state index is 12.8. The molecule has 0 spiro atoms. The fraction of sp³-hybridized carbons (Fsp3) is 0.389. The van der Waals surface area contributed by atoms with E-state index in [-0.39, 0.29) is 12.5 Å². The molecule has 1 unspecified atom stereocenters. The van der Waals surface area contributed by atoms with Gasteiger partial charge in [-0.25, -0.2) is 0 Å². The maximum Gasteiger partial charge on any atom is 0.311 e. The van der Waals surface area contributed by atoms with Crippen molar-refractivity contribution in [1.29, 1.82) is 0 Å². The van der Waals surface area contributed by atoms with Crippen molar-refractivity contribution in [2.45, 2.75) is 27.2 Å². The van der Waals surface area contributed by atoms with Crippen LogP contribution >= 0.6 is 0 Å². The number of aryl methyl sites for hydroxylation is 2. The first-order valence-electron chi connectivity index (χ1n) is 7.71. The van der Waals surface area contributed by atoms with Gasteiger partial charge in [-0.3, -0.25) is 14.6 Å². The number of carboxylic acid groups (broad SMARTS) is 1. The molecule has 2 aromatic rings. The molecule has 5 heteroatoms. The molecular weight excluding hydrogens is 292 g/mol. The molecule has 1 aliphatic rings. The number of pyridine rings is 1. The number of rotatable bonds is 2. The number of benzene rings is 1. The van der Waals surface area contributed by atoms with Crippen LogP contribution in [0.4, 0.5) is 0 Å². The molecule has 23 heavy (non-hydrogen) atoms. The summed E-state index contributed by atoms with van der Waals surface area (Å²) in [5.74, 6) is -0.987. The van der Waals surface area contributed by atoms with Gasteiger partial charge in [-0.2, -0.15) is 0 Å². The van der Waals surface area contributed by atoms with Crippen molar-refractivity contribution < 1.29 is 14.7 Å². The Morgan fingerprint density at radius 1 is 1.26 bits per heavy atom. The van der Waals surface area contributed by atoms with Crippen LogP contribution in [-0.4, -0.2) is 40.0 Å². The Morgan fingerprint density at radius 3 is 2.65 bits per heavy atom. The zero-order valence-corrected chi connectivity index (χ0v) is 13.6. The lowest BCUT2D eigenvalue weighted by Crippen LogP contribution is -2.35. The second-order valence-electron chi connectivity index (χ2n) is 6.66. The van der Waals surface area contributed by atoms with E-state index in [1.807, 2.05) is 38.1 Å². The fourth-order valence-corrected chi connectivity index (χ4v) is 3.07. The van der Waals surface area contributed by atoms with Crippen molar-refractivity contribution in [3.05, 3.63) is 41.1 Å². The molecule has 1 aromatic carbocycles. The van der Waals surface area contributed by atoms with E-state index >= 15 is 0 Å². The van der Waals surface area contributed by atoms with E-state index in [4.69, 9.17) is 0 Å². The topological polar surface area (TPSA) is 70.5 Å². The van der Waals surface area contributed by atoms with Gasteiger partial charge in [0.1, 0.15) is 0 Å². The SMILES string of the molecule is Cc1ccc2cc(C(=O)N3CCC(C)(C(=O)O)C3)c(C)nc2c1. The van der Waals surface area contributed by atoms with Crippen LogP contribution < -0.4 is 0 Å². The number of carbonyl (C=O) groups is 2. The van der Waals surface area contributed by atoms with Gasteiger partial charge in [-0.15, -0.1) is 0 Å². The van der Waals surface area contributed by atoms with E-state index in [0.717, 1.165) is 16.5 Å². The zero-order chi connectivity index (χ0) is 16.8. The number of nitrogens with zero attached hydrogens (tertiary/aromatic N) is 2. The first-order valence-corrected chi connectivity index (χ1v) is 7.71. The molecular formula is C18H20N2O3. The van der Waals surface area contributed by atoms with Crippen LogP contribution in [0.5, 0.6) is 0 Å². The Balaban J connectivity index is 1.94. The molecule has 0 aliphatic carbocycles. The van der Waals surface area contributed by atoms with Crippen LogP contribution in [0, 0.1) is 19.3 Å². The minimum atomic E-state index is -0.856. The van der Waals surface area contributed by atoms with Gasteiger partial charge in [0.05, 0.1) is 22.2 Å². The third-order valence-electron chi connectivity index (χ3n) is 4.67. The molecule has 1 fully saturated rings. The number of carboxylic acids is 1. The lowest BCUT2D eigenvalue weighted by Gasteiger charge is -2.21. The zero-order valence-electron chi connectivity index (χ0n) is 13.6. The summed E-state index contributed by atoms with van der Waals surface area (Å²) in [6.45, 7) is 6.23. The van der Waals surface area contributed by atoms with Gasteiger partial charge in [0.25, 0.3) is 5.91 Å². The van der Waals surface area contributed by atoms with Crippen molar-refractivity contribution in [3.8, 4) is 0 Å². The minimum absolute atomic E-state index is 0.137. The van der Waals surface area contributed by atoms with E-state index in [1.165, 1.54) is 0 Å². The van der Waals surface area contributed by atoms with Crippen LogP contribution in [0.3, 0.4) is 0 Å². The Bertz CT molecular complexity index is 815. The van der Waals surface area contributed by atoms with Gasteiger partial charge in [-0.05, 0) is 44.9 Å². The molecule has 0 radical (unpaired) electrons. The fourth-order valence-electron chi connectivity index (χ4n) is 3.07. The summed E-state index contributed by atoms with van der Waals surface area (Å²) in [6, 6.07) is 7.80. The molecule has 5 nitrogen and oxygen atoms in total. The van der Waals surface area contributed by atoms with Gasteiger partial charge < -0.3 is 10.0 Å². The molecule has 1 N–H and O–H groups in total. The van der Waals surface area contributed by atoms with Crippen LogP contribution in [0.1, 0.15) is 35.0 Å². The smallest absolute Gasteiger partial charge is 0.311 e. The molecule has 120 valence electrons. The molecule has 2 heterocycles. The van der Waals surface area contributed by atoms with Crippen LogP contribution in [0.2, 0.25) is 0 Å². The third kappa shape index (κ3) is 2.67. The highest BCUT2D eigenvalue weighted by Crippen LogP contribution is 2.31. The van der Waals surface area contributed by atoms with Gasteiger partial charge in [-0.1, -0.05) is 12.1 Å². The van der Waals surface area contributed by atoms with Crippen molar-refractivity contribution >= 4 is 22.8 Å². The summed E-state index contributed by atoms with van der Waals surface area (Å²) in [6.07, 6.45) is 0.479. The predicted molar refractivity (Wildman–Crippen MR) is 87.5 cm³/mol. The van der Waals surface area contributed by atoms with Gasteiger partial charge in [0.15, 0.2) is 0 Å². The van der Waals surface area contributed by atoms with Gasteiger partial charge in [0.2, 0.25) is 0 Å². The number of aromatic nitrogens is 1. The molecule has 3 rings (SSSR count). The number of hydrogen-bond donors (Lipinski definition) is 1. The number of likely N-dealkylation sites (tertiary alicyclic amines) is 1. The quantitative estimate of drug-likeness (QED) is 0.925. The monoisotopic (exact) mass is 312 g/mol. The van der Waals surface area contributed by atoms with Crippen molar-refractivity contribution in [2.24, 2.45) is 5.41 Å². The molecule has 1 saturated heterocycles. The second kappa shape index (κ2) is 5.33. The molecule has 1 aromatic heterocycles. The van der Waals surface area contributed by atoms with E-state index < -0.39 is 11.4 Å². The van der Waals surface area contributed by atoms with Crippen molar-refractivity contribution in [3.63, 3.8) is 0 Å². The average Bonchev–Trinajstić information content (AvgIpc) is 2.90. The van der Waals surface area contributed by atoms with Gasteiger partial charge >= 0.3 is 5.97 Å². The normalized spacial score (nSPS) is 20.9. The number of fused-ring (bicyclic) bond motifs is 1. The summed E-state index contributed by atoms with van der Waals surface area (Å²) < 4.78 is 0. The Hall–Kier alpha value is -2.43. The minimum Gasteiger partial charge on any atom is -0.481 e. The highest BCUT2D eigenvalue weighted by Gasteiger charge is 2.42. The maximum absolute atomic E-state index is 12.8. The summed E-state index contributed by atoms with van der Waals surface area (Å²) >= 11 is 0. The Kier molecular flexibility index (Phi) is 3.59. The second-order valence-corrected chi connectivity index (χ2v) is 6.66. The summed E-state index contributed by atoms with van der Waals surface area (Å²) in [4.78, 5) is 30.3. The summed E-state index contributed by atoms with van der Waals surface area (Å²) in [5, 5.41) is 10.2. The average molecular weight is 312 g/mol. The lowest BCUT2D eigenvalue weighted by atomic mass is 9.90. The van der Waals surface area contributed by atoms with Crippen LogP contribution in [0.25, 0.3) is 10.9 Å². The summed E-state index contributed by atoms with van der Waals surface area (Å²) in [7, 11) is 0. The first kappa shape index (κ1) is 15.5. The van der Waals surface area contributed by atoms with Crippen LogP contribution in [-0.2, 0) is 4.79 Å². The van der Waals surface area contributed by atoms with Crippen molar-refractivity contribution in [2.75, 3.05) is 13.1 Å². The Morgan fingerprint density at radius 2 is 2.00 bits per heavy atom. The van der Waals surface area contributed by atoms with E-state index in [2.05, 4.69) is 4.98 Å². The van der Waals surface area contributed by atoms with E-state index in [0.29, 0.717) is 24.2 Å². The lowest BCUT2D eigenvalue weighted by molar-refractivity contribution is -0.147. The van der Waals surface area contributed by atoms with Crippen molar-refractivity contribution in [1.82, 2.24) is 9.88 Å². The molecule has 1 aliphatic heterocycles. The number of amides is 1. The molecule has 1 amide bonds. The third-order valence-corrected chi connectivity index (χ3v) is 4.67. The van der Waals surface area contributed by atoms with E-state index in [9.17, 15) is 14.7 Å². The predicted octanol–water partition coefficient (Wildman–Crippen LogP) is 2.79. The van der Waals surface area contributed by atoms with Gasteiger partial charge in [0, 0.05) is 18.5 Å². The number of aliphatic carboxylic acids is 1. The molecule has 1 atom stereocenters.